The second kappa shape index (κ2) is 7.90. The summed E-state index contributed by atoms with van der Waals surface area (Å²) in [4.78, 5) is 14.7. The molecule has 2 aromatic heterocycles. The van der Waals surface area contributed by atoms with Crippen molar-refractivity contribution in [1.29, 1.82) is 0 Å². The summed E-state index contributed by atoms with van der Waals surface area (Å²) in [6.07, 6.45) is 1.58. The van der Waals surface area contributed by atoms with E-state index < -0.39 is 0 Å². The van der Waals surface area contributed by atoms with E-state index in [4.69, 9.17) is 8.83 Å². The van der Waals surface area contributed by atoms with Crippen LogP contribution in [0, 0.1) is 6.92 Å². The standard InChI is InChI=1S/C21H19N3O3S/c1-3-24(18-10-6-8-15-7-4-5-9-17(15)18)19(25)13-28-21-23-22-20(27-21)16-11-12-26-14(16)2/h4-12H,3,13H2,1-2H3. The van der Waals surface area contributed by atoms with Crippen molar-refractivity contribution in [1.82, 2.24) is 10.2 Å². The van der Waals surface area contributed by atoms with Gasteiger partial charge in [-0.2, -0.15) is 0 Å². The number of aromatic nitrogens is 2. The quantitative estimate of drug-likeness (QED) is 0.432. The molecular weight excluding hydrogens is 374 g/mol. The van der Waals surface area contributed by atoms with Gasteiger partial charge in [-0.3, -0.25) is 4.79 Å². The molecule has 2 aromatic carbocycles. The molecule has 0 saturated carbocycles. The van der Waals surface area contributed by atoms with Crippen molar-refractivity contribution in [2.24, 2.45) is 0 Å². The highest BCUT2D eigenvalue weighted by Gasteiger charge is 2.19. The second-order valence-corrected chi connectivity index (χ2v) is 7.12. The van der Waals surface area contributed by atoms with Crippen molar-refractivity contribution in [3.63, 3.8) is 0 Å². The minimum Gasteiger partial charge on any atom is -0.469 e. The Kier molecular flexibility index (Phi) is 5.16. The molecule has 4 aromatic rings. The molecule has 0 radical (unpaired) electrons. The highest BCUT2D eigenvalue weighted by molar-refractivity contribution is 7.99. The Balaban J connectivity index is 1.50. The number of amides is 1. The van der Waals surface area contributed by atoms with Crippen molar-refractivity contribution in [3.8, 4) is 11.5 Å². The van der Waals surface area contributed by atoms with E-state index in [9.17, 15) is 4.79 Å². The highest BCUT2D eigenvalue weighted by atomic mass is 32.2. The molecule has 2 heterocycles. The Labute approximate surface area is 166 Å². The molecule has 0 aliphatic heterocycles. The van der Waals surface area contributed by atoms with Crippen LogP contribution in [0.3, 0.4) is 0 Å². The lowest BCUT2D eigenvalue weighted by Crippen LogP contribution is -2.32. The van der Waals surface area contributed by atoms with Crippen LogP contribution in [0.4, 0.5) is 5.69 Å². The van der Waals surface area contributed by atoms with Gasteiger partial charge in [-0.1, -0.05) is 48.2 Å². The third-order valence-corrected chi connectivity index (χ3v) is 5.29. The van der Waals surface area contributed by atoms with Crippen LogP contribution in [0.5, 0.6) is 0 Å². The van der Waals surface area contributed by atoms with Crippen molar-refractivity contribution < 1.29 is 13.6 Å². The van der Waals surface area contributed by atoms with E-state index in [1.54, 1.807) is 17.2 Å². The molecule has 0 bridgehead atoms. The Morgan fingerprint density at radius 1 is 1.11 bits per heavy atom. The SMILES string of the molecule is CCN(C(=O)CSc1nnc(-c2ccoc2C)o1)c1cccc2ccccc12. The van der Waals surface area contributed by atoms with Gasteiger partial charge in [-0.25, -0.2) is 0 Å². The second-order valence-electron chi connectivity index (χ2n) is 6.19. The predicted octanol–water partition coefficient (Wildman–Crippen LogP) is 4.94. The predicted molar refractivity (Wildman–Crippen MR) is 109 cm³/mol. The zero-order valence-corrected chi connectivity index (χ0v) is 16.4. The van der Waals surface area contributed by atoms with E-state index in [-0.39, 0.29) is 11.7 Å². The van der Waals surface area contributed by atoms with Crippen molar-refractivity contribution in [2.45, 2.75) is 19.1 Å². The average molecular weight is 393 g/mol. The molecular formula is C21H19N3O3S. The Morgan fingerprint density at radius 2 is 1.93 bits per heavy atom. The van der Waals surface area contributed by atoms with Gasteiger partial charge in [-0.15, -0.1) is 10.2 Å². The average Bonchev–Trinajstić information content (AvgIpc) is 3.35. The van der Waals surface area contributed by atoms with E-state index >= 15 is 0 Å². The van der Waals surface area contributed by atoms with E-state index in [1.807, 2.05) is 56.3 Å². The van der Waals surface area contributed by atoms with E-state index in [0.29, 0.717) is 23.4 Å². The molecule has 0 aliphatic rings. The molecule has 0 atom stereocenters. The zero-order valence-electron chi connectivity index (χ0n) is 15.6. The van der Waals surface area contributed by atoms with Crippen LogP contribution in [0.2, 0.25) is 0 Å². The third kappa shape index (κ3) is 3.53. The van der Waals surface area contributed by atoms with Crippen LogP contribution in [0.1, 0.15) is 12.7 Å². The first-order chi connectivity index (χ1) is 13.7. The first-order valence-corrected chi connectivity index (χ1v) is 9.95. The first kappa shape index (κ1) is 18.3. The first-order valence-electron chi connectivity index (χ1n) is 8.96. The number of aryl methyl sites for hydroxylation is 1. The van der Waals surface area contributed by atoms with Crippen LogP contribution in [-0.4, -0.2) is 28.4 Å². The van der Waals surface area contributed by atoms with Crippen LogP contribution >= 0.6 is 11.8 Å². The minimum atomic E-state index is -0.0110. The summed E-state index contributed by atoms with van der Waals surface area (Å²) < 4.78 is 10.9. The lowest BCUT2D eigenvalue weighted by molar-refractivity contribution is -0.116. The van der Waals surface area contributed by atoms with Gasteiger partial charge in [-0.05, 0) is 31.4 Å². The highest BCUT2D eigenvalue weighted by Crippen LogP contribution is 2.29. The molecule has 1 amide bonds. The van der Waals surface area contributed by atoms with Crippen LogP contribution in [0.15, 0.2) is 68.9 Å². The maximum absolute atomic E-state index is 12.9. The maximum atomic E-state index is 12.9. The number of carbonyl (C=O) groups excluding carboxylic acids is 1. The normalized spacial score (nSPS) is 11.1. The van der Waals surface area contributed by atoms with E-state index in [0.717, 1.165) is 22.0 Å². The van der Waals surface area contributed by atoms with Crippen LogP contribution in [0.25, 0.3) is 22.2 Å². The number of furan rings is 1. The molecule has 4 rings (SSSR count). The summed E-state index contributed by atoms with van der Waals surface area (Å²) in [6, 6.07) is 15.8. The molecule has 0 spiro atoms. The van der Waals surface area contributed by atoms with E-state index in [1.165, 1.54) is 11.8 Å². The Morgan fingerprint density at radius 3 is 2.71 bits per heavy atom. The number of nitrogens with zero attached hydrogens (tertiary/aromatic N) is 3. The van der Waals surface area contributed by atoms with Crippen LogP contribution < -0.4 is 4.90 Å². The van der Waals surface area contributed by atoms with Crippen LogP contribution in [-0.2, 0) is 4.79 Å². The molecule has 0 N–H and O–H groups in total. The Bertz CT molecular complexity index is 1110. The van der Waals surface area contributed by atoms with Gasteiger partial charge in [0.05, 0.1) is 23.3 Å². The van der Waals surface area contributed by atoms with Gasteiger partial charge in [0.15, 0.2) is 0 Å². The molecule has 0 aliphatic carbocycles. The molecule has 28 heavy (non-hydrogen) atoms. The number of rotatable bonds is 6. The maximum Gasteiger partial charge on any atom is 0.277 e. The summed E-state index contributed by atoms with van der Waals surface area (Å²) >= 11 is 1.23. The van der Waals surface area contributed by atoms with E-state index in [2.05, 4.69) is 10.2 Å². The van der Waals surface area contributed by atoms with Crippen molar-refractivity contribution >= 4 is 34.1 Å². The summed E-state index contributed by atoms with van der Waals surface area (Å²) in [5.74, 6) is 1.30. The molecule has 0 fully saturated rings. The van der Waals surface area contributed by atoms with Gasteiger partial charge in [0, 0.05) is 11.9 Å². The molecule has 6 nitrogen and oxygen atoms in total. The van der Waals surface area contributed by atoms with Gasteiger partial charge < -0.3 is 13.7 Å². The summed E-state index contributed by atoms with van der Waals surface area (Å²) in [6.45, 7) is 4.38. The lowest BCUT2D eigenvalue weighted by Gasteiger charge is -2.22. The van der Waals surface area contributed by atoms with Crippen molar-refractivity contribution in [2.75, 3.05) is 17.2 Å². The Hall–Kier alpha value is -3.06. The number of thioether (sulfide) groups is 1. The third-order valence-electron chi connectivity index (χ3n) is 4.49. The number of hydrogen-bond acceptors (Lipinski definition) is 6. The lowest BCUT2D eigenvalue weighted by atomic mass is 10.1. The number of benzene rings is 2. The zero-order chi connectivity index (χ0) is 19.5. The molecule has 142 valence electrons. The van der Waals surface area contributed by atoms with Gasteiger partial charge in [0.2, 0.25) is 5.91 Å². The fourth-order valence-corrected chi connectivity index (χ4v) is 3.75. The minimum absolute atomic E-state index is 0.0110. The van der Waals surface area contributed by atoms with Gasteiger partial charge >= 0.3 is 0 Å². The molecule has 7 heteroatoms. The fraction of sp³-hybridized carbons (Fsp3) is 0.190. The monoisotopic (exact) mass is 393 g/mol. The topological polar surface area (TPSA) is 72.4 Å². The number of carbonyl (C=O) groups is 1. The molecule has 0 saturated heterocycles. The smallest absolute Gasteiger partial charge is 0.277 e. The largest absolute Gasteiger partial charge is 0.469 e. The van der Waals surface area contributed by atoms with Crippen molar-refractivity contribution in [3.05, 3.63) is 60.6 Å². The number of fused-ring (bicyclic) bond motifs is 1. The number of anilines is 1. The summed E-state index contributed by atoms with van der Waals surface area (Å²) in [5, 5.41) is 10.6. The molecule has 0 unspecified atom stereocenters. The fourth-order valence-electron chi connectivity index (χ4n) is 3.11. The number of hydrogen-bond donors (Lipinski definition) is 0. The van der Waals surface area contributed by atoms with Gasteiger partial charge in [0.1, 0.15) is 5.76 Å². The van der Waals surface area contributed by atoms with Gasteiger partial charge in [0.25, 0.3) is 11.1 Å². The summed E-state index contributed by atoms with van der Waals surface area (Å²) in [7, 11) is 0. The summed E-state index contributed by atoms with van der Waals surface area (Å²) in [5.41, 5.74) is 1.67.